The van der Waals surface area contributed by atoms with Crippen molar-refractivity contribution in [1.29, 1.82) is 0 Å². The number of hydrogen-bond acceptors (Lipinski definition) is 5. The molecule has 0 bridgehead atoms. The van der Waals surface area contributed by atoms with E-state index in [4.69, 9.17) is 5.11 Å². The van der Waals surface area contributed by atoms with Crippen LogP contribution in [0.5, 0.6) is 0 Å². The number of amides is 1. The van der Waals surface area contributed by atoms with E-state index in [9.17, 15) is 9.59 Å². The Morgan fingerprint density at radius 3 is 2.75 bits per heavy atom. The molecular weight excluding hydrogens is 262 g/mol. The molecule has 0 aliphatic rings. The van der Waals surface area contributed by atoms with E-state index in [1.54, 1.807) is 6.92 Å². The molecule has 0 aliphatic carbocycles. The van der Waals surface area contributed by atoms with Crippen LogP contribution in [0.25, 0.3) is 5.78 Å². The van der Waals surface area contributed by atoms with Crippen LogP contribution in [0, 0.1) is 0 Å². The summed E-state index contributed by atoms with van der Waals surface area (Å²) in [5.74, 6) is -1.13. The van der Waals surface area contributed by atoms with Crippen LogP contribution in [-0.4, -0.2) is 42.6 Å². The predicted octanol–water partition coefficient (Wildman–Crippen LogP) is 0.280. The zero-order valence-electron chi connectivity index (χ0n) is 11.2. The van der Waals surface area contributed by atoms with E-state index in [-0.39, 0.29) is 0 Å². The van der Waals surface area contributed by atoms with Crippen molar-refractivity contribution >= 4 is 17.7 Å². The first-order valence-corrected chi connectivity index (χ1v) is 6.29. The lowest BCUT2D eigenvalue weighted by atomic mass is 10.1. The molecule has 2 heterocycles. The van der Waals surface area contributed by atoms with Crippen molar-refractivity contribution in [3.63, 3.8) is 0 Å². The lowest BCUT2D eigenvalue weighted by Gasteiger charge is -2.14. The first-order valence-electron chi connectivity index (χ1n) is 6.29. The summed E-state index contributed by atoms with van der Waals surface area (Å²) in [5.41, 5.74) is 0.954. The van der Waals surface area contributed by atoms with Crippen LogP contribution in [0.4, 0.5) is 0 Å². The number of rotatable bonds is 5. The van der Waals surface area contributed by atoms with Gasteiger partial charge >= 0.3 is 5.97 Å². The summed E-state index contributed by atoms with van der Waals surface area (Å²) in [5, 5.41) is 15.5. The minimum absolute atomic E-state index is 0.307. The summed E-state index contributed by atoms with van der Waals surface area (Å²) >= 11 is 0. The van der Waals surface area contributed by atoms with Crippen molar-refractivity contribution in [3.8, 4) is 0 Å². The Morgan fingerprint density at radius 1 is 1.40 bits per heavy atom. The van der Waals surface area contributed by atoms with Crippen LogP contribution in [0.1, 0.15) is 36.3 Å². The van der Waals surface area contributed by atoms with E-state index in [0.717, 1.165) is 0 Å². The number of carbonyl (C=O) groups is 2. The second-order valence-corrected chi connectivity index (χ2v) is 4.22. The predicted molar refractivity (Wildman–Crippen MR) is 69.3 cm³/mol. The summed E-state index contributed by atoms with van der Waals surface area (Å²) in [4.78, 5) is 31.1. The van der Waals surface area contributed by atoms with Gasteiger partial charge in [-0.15, -0.1) is 0 Å². The van der Waals surface area contributed by atoms with Crippen molar-refractivity contribution in [2.24, 2.45) is 0 Å². The van der Waals surface area contributed by atoms with Gasteiger partial charge in [-0.3, -0.25) is 4.79 Å². The summed E-state index contributed by atoms with van der Waals surface area (Å²) < 4.78 is 1.48. The fourth-order valence-electron chi connectivity index (χ4n) is 1.93. The minimum Gasteiger partial charge on any atom is -0.480 e. The van der Waals surface area contributed by atoms with Gasteiger partial charge in [-0.25, -0.2) is 14.3 Å². The largest absolute Gasteiger partial charge is 0.480 e. The quantitative estimate of drug-likeness (QED) is 0.812. The highest BCUT2D eigenvalue weighted by Gasteiger charge is 2.21. The molecule has 0 radical (unpaired) electrons. The van der Waals surface area contributed by atoms with Crippen LogP contribution in [0.2, 0.25) is 0 Å². The molecule has 1 unspecified atom stereocenters. The Labute approximate surface area is 114 Å². The molecule has 0 aliphatic heterocycles. The molecule has 2 aromatic rings. The summed E-state index contributed by atoms with van der Waals surface area (Å²) in [6.45, 7) is 3.57. The van der Waals surface area contributed by atoms with Gasteiger partial charge in [0, 0.05) is 6.20 Å². The van der Waals surface area contributed by atoms with Crippen molar-refractivity contribution in [1.82, 2.24) is 24.9 Å². The first-order chi connectivity index (χ1) is 9.58. The fraction of sp³-hybridized carbons (Fsp3) is 0.417. The van der Waals surface area contributed by atoms with Gasteiger partial charge in [0.2, 0.25) is 0 Å². The topological polar surface area (TPSA) is 109 Å². The average molecular weight is 277 g/mol. The van der Waals surface area contributed by atoms with E-state index in [1.807, 2.05) is 6.92 Å². The molecule has 1 amide bonds. The number of nitrogens with one attached hydrogen (secondary N) is 1. The average Bonchev–Trinajstić information content (AvgIpc) is 2.91. The second kappa shape index (κ2) is 5.64. The molecule has 0 spiro atoms. The maximum Gasteiger partial charge on any atom is 0.326 e. The van der Waals surface area contributed by atoms with Gasteiger partial charge in [0.25, 0.3) is 11.7 Å². The van der Waals surface area contributed by atoms with Crippen molar-refractivity contribution in [2.45, 2.75) is 32.7 Å². The Morgan fingerprint density at radius 2 is 2.15 bits per heavy atom. The number of carboxylic acids is 1. The second-order valence-electron chi connectivity index (χ2n) is 4.22. The smallest absolute Gasteiger partial charge is 0.326 e. The van der Waals surface area contributed by atoms with E-state index < -0.39 is 17.9 Å². The summed E-state index contributed by atoms with van der Waals surface area (Å²) in [6, 6.07) is -0.918. The molecule has 0 saturated heterocycles. The van der Waals surface area contributed by atoms with Gasteiger partial charge in [-0.1, -0.05) is 13.8 Å². The summed E-state index contributed by atoms with van der Waals surface area (Å²) in [7, 11) is 0. The molecular formula is C12H15N5O3. The van der Waals surface area contributed by atoms with Crippen LogP contribution < -0.4 is 5.32 Å². The number of aryl methyl sites for hydroxylation is 1. The lowest BCUT2D eigenvalue weighted by molar-refractivity contribution is -0.139. The molecule has 8 heteroatoms. The number of aliphatic carboxylic acids is 1. The Bertz CT molecular complexity index is 652. The number of nitrogens with zero attached hydrogens (tertiary/aromatic N) is 4. The number of carbonyl (C=O) groups excluding carboxylic acids is 1. The highest BCUT2D eigenvalue weighted by molar-refractivity contribution is 5.97. The third-order valence-electron chi connectivity index (χ3n) is 3.00. The third kappa shape index (κ3) is 2.44. The number of fused-ring (bicyclic) bond motifs is 1. The van der Waals surface area contributed by atoms with Crippen LogP contribution in [-0.2, 0) is 11.2 Å². The summed E-state index contributed by atoms with van der Waals surface area (Å²) in [6.07, 6.45) is 3.61. The molecule has 8 nitrogen and oxygen atoms in total. The zero-order valence-corrected chi connectivity index (χ0v) is 11.2. The normalized spacial score (nSPS) is 12.3. The van der Waals surface area contributed by atoms with Crippen LogP contribution in [0.3, 0.4) is 0 Å². The first kappa shape index (κ1) is 13.9. The number of hydrogen-bond donors (Lipinski definition) is 2. The van der Waals surface area contributed by atoms with Gasteiger partial charge in [0.15, 0.2) is 0 Å². The number of aromatic nitrogens is 4. The highest BCUT2D eigenvalue weighted by Crippen LogP contribution is 2.10. The highest BCUT2D eigenvalue weighted by atomic mass is 16.4. The molecule has 0 saturated carbocycles. The van der Waals surface area contributed by atoms with E-state index in [2.05, 4.69) is 20.4 Å². The fourth-order valence-corrected chi connectivity index (χ4v) is 1.93. The van der Waals surface area contributed by atoms with Gasteiger partial charge in [0.1, 0.15) is 12.4 Å². The SMILES string of the molecule is CCc1c(C(=O)NC(CC)C(=O)O)cnc2ncnn12. The monoisotopic (exact) mass is 277 g/mol. The van der Waals surface area contributed by atoms with Crippen molar-refractivity contribution < 1.29 is 14.7 Å². The molecule has 2 rings (SSSR count). The lowest BCUT2D eigenvalue weighted by Crippen LogP contribution is -2.40. The molecule has 2 aromatic heterocycles. The Hall–Kier alpha value is -2.51. The molecule has 106 valence electrons. The van der Waals surface area contributed by atoms with Gasteiger partial charge < -0.3 is 10.4 Å². The molecule has 1 atom stereocenters. The molecule has 0 aromatic carbocycles. The zero-order chi connectivity index (χ0) is 14.7. The Balaban J connectivity index is 2.36. The van der Waals surface area contributed by atoms with Gasteiger partial charge in [-0.2, -0.15) is 10.1 Å². The maximum atomic E-state index is 12.2. The van der Waals surface area contributed by atoms with Crippen LogP contribution >= 0.6 is 0 Å². The van der Waals surface area contributed by atoms with E-state index in [1.165, 1.54) is 17.0 Å². The van der Waals surface area contributed by atoms with Crippen LogP contribution in [0.15, 0.2) is 12.5 Å². The molecule has 0 fully saturated rings. The molecule has 2 N–H and O–H groups in total. The van der Waals surface area contributed by atoms with Gasteiger partial charge in [-0.05, 0) is 12.8 Å². The van der Waals surface area contributed by atoms with Gasteiger partial charge in [0.05, 0.1) is 11.3 Å². The van der Waals surface area contributed by atoms with E-state index in [0.29, 0.717) is 29.9 Å². The van der Waals surface area contributed by atoms with E-state index >= 15 is 0 Å². The standard InChI is InChI=1S/C12H15N5O3/c1-3-8(11(19)20)16-10(18)7-5-13-12-14-6-15-17(12)9(7)4-2/h5-6,8H,3-4H2,1-2H3,(H,16,18)(H,19,20). The van der Waals surface area contributed by atoms with Crippen molar-refractivity contribution in [3.05, 3.63) is 23.8 Å². The van der Waals surface area contributed by atoms with Crippen molar-refractivity contribution in [2.75, 3.05) is 0 Å². The Kier molecular flexibility index (Phi) is 3.92. The minimum atomic E-state index is -1.06. The molecule has 20 heavy (non-hydrogen) atoms. The third-order valence-corrected chi connectivity index (χ3v) is 3.00. The maximum absolute atomic E-state index is 12.2. The number of carboxylic acid groups (broad SMARTS) is 1.